The summed E-state index contributed by atoms with van der Waals surface area (Å²) in [5.74, 6) is -0.133. The van der Waals surface area contributed by atoms with Crippen LogP contribution in [-0.4, -0.2) is 50.2 Å². The van der Waals surface area contributed by atoms with Gasteiger partial charge in [0.15, 0.2) is 0 Å². The number of hydrogen-bond donors (Lipinski definition) is 2. The highest BCUT2D eigenvalue weighted by Crippen LogP contribution is 2.18. The molecule has 0 bridgehead atoms. The Hall–Kier alpha value is -2.08. The van der Waals surface area contributed by atoms with Crippen LogP contribution in [-0.2, 0) is 14.3 Å². The van der Waals surface area contributed by atoms with E-state index in [9.17, 15) is 9.59 Å². The number of hydrogen-bond acceptors (Lipinski definition) is 4. The maximum absolute atomic E-state index is 11.9. The van der Waals surface area contributed by atoms with E-state index in [1.165, 1.54) is 5.69 Å². The highest BCUT2D eigenvalue weighted by molar-refractivity contribution is 5.90. The second kappa shape index (κ2) is 7.46. The number of para-hydroxylation sites is 1. The molecule has 2 fully saturated rings. The molecule has 6 heteroatoms. The molecule has 2 saturated heterocycles. The number of rotatable bonds is 5. The van der Waals surface area contributed by atoms with E-state index in [2.05, 4.69) is 27.7 Å². The van der Waals surface area contributed by atoms with Crippen LogP contribution < -0.4 is 15.5 Å². The number of benzene rings is 1. The van der Waals surface area contributed by atoms with Crippen LogP contribution in [0.3, 0.4) is 0 Å². The van der Waals surface area contributed by atoms with Crippen LogP contribution >= 0.6 is 0 Å². The Bertz CT molecular complexity index is 549. The van der Waals surface area contributed by atoms with Crippen molar-refractivity contribution in [2.24, 2.45) is 0 Å². The summed E-state index contributed by atoms with van der Waals surface area (Å²) in [5, 5.41) is 5.58. The number of anilines is 1. The van der Waals surface area contributed by atoms with Crippen molar-refractivity contribution in [2.75, 3.05) is 31.1 Å². The molecule has 2 N–H and O–H groups in total. The SMILES string of the molecule is O=C1CCC(C(=O)NCCC2CN(c3ccccc3)CCO2)N1. The van der Waals surface area contributed by atoms with Crippen molar-refractivity contribution < 1.29 is 14.3 Å². The predicted octanol–water partition coefficient (Wildman–Crippen LogP) is 0.677. The van der Waals surface area contributed by atoms with Gasteiger partial charge in [-0.2, -0.15) is 0 Å². The molecule has 2 amide bonds. The molecule has 0 spiro atoms. The molecule has 2 atom stereocenters. The van der Waals surface area contributed by atoms with Gasteiger partial charge in [-0.15, -0.1) is 0 Å². The third kappa shape index (κ3) is 4.22. The van der Waals surface area contributed by atoms with Gasteiger partial charge in [0, 0.05) is 31.7 Å². The van der Waals surface area contributed by atoms with Gasteiger partial charge in [0.2, 0.25) is 11.8 Å². The quantitative estimate of drug-likeness (QED) is 0.838. The summed E-state index contributed by atoms with van der Waals surface area (Å²) < 4.78 is 5.79. The average molecular weight is 317 g/mol. The smallest absolute Gasteiger partial charge is 0.242 e. The standard InChI is InChI=1S/C17H23N3O3/c21-16-7-6-15(19-16)17(22)18-9-8-14-12-20(10-11-23-14)13-4-2-1-3-5-13/h1-5,14-15H,6-12H2,(H,18,22)(H,19,21). The number of nitrogens with zero attached hydrogens (tertiary/aromatic N) is 1. The maximum Gasteiger partial charge on any atom is 0.242 e. The van der Waals surface area contributed by atoms with E-state index < -0.39 is 0 Å². The van der Waals surface area contributed by atoms with E-state index in [-0.39, 0.29) is 24.0 Å². The van der Waals surface area contributed by atoms with Crippen molar-refractivity contribution in [3.8, 4) is 0 Å². The van der Waals surface area contributed by atoms with Crippen LogP contribution in [0.4, 0.5) is 5.69 Å². The third-order valence-electron chi connectivity index (χ3n) is 4.34. The first-order chi connectivity index (χ1) is 11.2. The van der Waals surface area contributed by atoms with E-state index in [1.807, 2.05) is 18.2 Å². The molecule has 23 heavy (non-hydrogen) atoms. The molecular formula is C17H23N3O3. The molecule has 2 aliphatic rings. The van der Waals surface area contributed by atoms with E-state index in [1.54, 1.807) is 0 Å². The normalized spacial score (nSPS) is 24.3. The number of amides is 2. The predicted molar refractivity (Wildman–Crippen MR) is 87.2 cm³/mol. The van der Waals surface area contributed by atoms with Gasteiger partial charge in [0.1, 0.15) is 6.04 Å². The van der Waals surface area contributed by atoms with Crippen molar-refractivity contribution >= 4 is 17.5 Å². The van der Waals surface area contributed by atoms with Crippen LogP contribution in [0.5, 0.6) is 0 Å². The lowest BCUT2D eigenvalue weighted by Crippen LogP contribution is -2.45. The molecule has 3 rings (SSSR count). The lowest BCUT2D eigenvalue weighted by molar-refractivity contribution is -0.125. The molecule has 2 aliphatic heterocycles. The van der Waals surface area contributed by atoms with Crippen LogP contribution in [0.25, 0.3) is 0 Å². The number of morpholine rings is 1. The molecule has 0 saturated carbocycles. The largest absolute Gasteiger partial charge is 0.374 e. The summed E-state index contributed by atoms with van der Waals surface area (Å²) in [6.45, 7) is 2.99. The molecule has 124 valence electrons. The molecule has 0 aromatic heterocycles. The minimum Gasteiger partial charge on any atom is -0.374 e. The molecule has 2 heterocycles. The van der Waals surface area contributed by atoms with Crippen molar-refractivity contribution in [3.63, 3.8) is 0 Å². The van der Waals surface area contributed by atoms with Crippen molar-refractivity contribution in [1.82, 2.24) is 10.6 Å². The minimum atomic E-state index is -0.365. The zero-order chi connectivity index (χ0) is 16.1. The Morgan fingerprint density at radius 2 is 2.17 bits per heavy atom. The van der Waals surface area contributed by atoms with Gasteiger partial charge in [-0.25, -0.2) is 0 Å². The highest BCUT2D eigenvalue weighted by Gasteiger charge is 2.27. The summed E-state index contributed by atoms with van der Waals surface area (Å²) >= 11 is 0. The van der Waals surface area contributed by atoms with Gasteiger partial charge < -0.3 is 20.3 Å². The fourth-order valence-electron chi connectivity index (χ4n) is 3.06. The van der Waals surface area contributed by atoms with Gasteiger partial charge in [-0.3, -0.25) is 9.59 Å². The van der Waals surface area contributed by atoms with E-state index in [0.29, 0.717) is 26.0 Å². The Morgan fingerprint density at radius 3 is 2.91 bits per heavy atom. The summed E-state index contributed by atoms with van der Waals surface area (Å²) in [6.07, 6.45) is 1.92. The minimum absolute atomic E-state index is 0.0423. The van der Waals surface area contributed by atoms with Crippen LogP contribution in [0, 0.1) is 0 Å². The van der Waals surface area contributed by atoms with Gasteiger partial charge in [0.05, 0.1) is 12.7 Å². The molecule has 0 radical (unpaired) electrons. The van der Waals surface area contributed by atoms with Crippen molar-refractivity contribution in [1.29, 1.82) is 0 Å². The van der Waals surface area contributed by atoms with E-state index in [0.717, 1.165) is 19.5 Å². The van der Waals surface area contributed by atoms with Crippen LogP contribution in [0.1, 0.15) is 19.3 Å². The molecule has 6 nitrogen and oxygen atoms in total. The highest BCUT2D eigenvalue weighted by atomic mass is 16.5. The number of carbonyl (C=O) groups is 2. The molecule has 1 aromatic carbocycles. The average Bonchev–Trinajstić information content (AvgIpc) is 3.02. The first-order valence-electron chi connectivity index (χ1n) is 8.21. The van der Waals surface area contributed by atoms with Gasteiger partial charge in [-0.05, 0) is 25.0 Å². The van der Waals surface area contributed by atoms with Crippen molar-refractivity contribution in [2.45, 2.75) is 31.4 Å². The Balaban J connectivity index is 1.42. The fraction of sp³-hybridized carbons (Fsp3) is 0.529. The molecule has 2 unspecified atom stereocenters. The fourth-order valence-corrected chi connectivity index (χ4v) is 3.06. The number of carbonyl (C=O) groups excluding carboxylic acids is 2. The third-order valence-corrected chi connectivity index (χ3v) is 4.34. The topological polar surface area (TPSA) is 70.7 Å². The Morgan fingerprint density at radius 1 is 1.35 bits per heavy atom. The first-order valence-corrected chi connectivity index (χ1v) is 8.21. The Labute approximate surface area is 136 Å². The second-order valence-corrected chi connectivity index (χ2v) is 6.01. The number of ether oxygens (including phenoxy) is 1. The lowest BCUT2D eigenvalue weighted by atomic mass is 10.1. The number of nitrogens with one attached hydrogen (secondary N) is 2. The zero-order valence-electron chi connectivity index (χ0n) is 13.2. The summed E-state index contributed by atoms with van der Waals surface area (Å²) in [7, 11) is 0. The van der Waals surface area contributed by atoms with E-state index in [4.69, 9.17) is 4.74 Å². The lowest BCUT2D eigenvalue weighted by Gasteiger charge is -2.34. The van der Waals surface area contributed by atoms with Gasteiger partial charge in [0.25, 0.3) is 0 Å². The first kappa shape index (κ1) is 15.8. The summed E-state index contributed by atoms with van der Waals surface area (Å²) in [4.78, 5) is 25.4. The molecule has 1 aromatic rings. The summed E-state index contributed by atoms with van der Waals surface area (Å²) in [5.41, 5.74) is 1.21. The van der Waals surface area contributed by atoms with Crippen molar-refractivity contribution in [3.05, 3.63) is 30.3 Å². The maximum atomic E-state index is 11.9. The molecular weight excluding hydrogens is 294 g/mol. The van der Waals surface area contributed by atoms with Gasteiger partial charge in [-0.1, -0.05) is 18.2 Å². The monoisotopic (exact) mass is 317 g/mol. The van der Waals surface area contributed by atoms with Crippen LogP contribution in [0.15, 0.2) is 30.3 Å². The van der Waals surface area contributed by atoms with E-state index >= 15 is 0 Å². The van der Waals surface area contributed by atoms with Crippen LogP contribution in [0.2, 0.25) is 0 Å². The van der Waals surface area contributed by atoms with Gasteiger partial charge >= 0.3 is 0 Å². The Kier molecular flexibility index (Phi) is 5.12. The second-order valence-electron chi connectivity index (χ2n) is 6.01. The molecule has 0 aliphatic carbocycles. The zero-order valence-corrected chi connectivity index (χ0v) is 13.2. The summed E-state index contributed by atoms with van der Waals surface area (Å²) in [6, 6.07) is 9.93.